The van der Waals surface area contributed by atoms with Gasteiger partial charge in [-0.15, -0.1) is 0 Å². The quantitative estimate of drug-likeness (QED) is 0.603. The van der Waals surface area contributed by atoms with Crippen molar-refractivity contribution in [1.82, 2.24) is 15.5 Å². The molecule has 7 heteroatoms. The number of hydrogen-bond donors (Lipinski definition) is 2. The molecule has 0 bridgehead atoms. The number of aryl methyl sites for hydroxylation is 1. The minimum atomic E-state index is -0.613. The molecule has 1 saturated heterocycles. The number of likely N-dealkylation sites (tertiary alicyclic amines) is 1. The second-order valence-corrected chi connectivity index (χ2v) is 8.34. The van der Waals surface area contributed by atoms with Crippen LogP contribution in [-0.2, 0) is 14.3 Å². The molecular weight excluding hydrogens is 382 g/mol. The van der Waals surface area contributed by atoms with Crippen molar-refractivity contribution < 1.29 is 19.1 Å². The molecule has 1 aromatic rings. The van der Waals surface area contributed by atoms with Gasteiger partial charge in [-0.05, 0) is 56.6 Å². The number of nitrogens with zero attached hydrogens (tertiary/aromatic N) is 1. The number of benzene rings is 1. The molecule has 1 heterocycles. The molecule has 1 aromatic carbocycles. The molecule has 7 nitrogen and oxygen atoms in total. The Morgan fingerprint density at radius 2 is 1.83 bits per heavy atom. The lowest BCUT2D eigenvalue weighted by Gasteiger charge is -2.36. The number of ether oxygens (including phenoxy) is 1. The number of carbonyl (C=O) groups excluding carboxylic acids is 3. The summed E-state index contributed by atoms with van der Waals surface area (Å²) >= 11 is 0. The van der Waals surface area contributed by atoms with Crippen LogP contribution in [0.3, 0.4) is 0 Å². The van der Waals surface area contributed by atoms with E-state index in [1.54, 1.807) is 13.2 Å². The second kappa shape index (κ2) is 10.6. The fourth-order valence-corrected chi connectivity index (χ4v) is 4.02. The molecule has 1 saturated carbocycles. The van der Waals surface area contributed by atoms with Gasteiger partial charge in [-0.25, -0.2) is 0 Å². The van der Waals surface area contributed by atoms with Crippen molar-refractivity contribution in [1.29, 1.82) is 0 Å². The van der Waals surface area contributed by atoms with Gasteiger partial charge in [-0.3, -0.25) is 14.4 Å². The molecule has 0 radical (unpaired) electrons. The number of piperidine rings is 1. The smallest absolute Gasteiger partial charge is 0.252 e. The summed E-state index contributed by atoms with van der Waals surface area (Å²) in [6.45, 7) is 4.25. The maximum Gasteiger partial charge on any atom is 0.252 e. The highest BCUT2D eigenvalue weighted by Crippen LogP contribution is 2.33. The van der Waals surface area contributed by atoms with E-state index in [1.165, 1.54) is 0 Å². The van der Waals surface area contributed by atoms with E-state index < -0.39 is 6.04 Å². The topological polar surface area (TPSA) is 87.7 Å². The summed E-state index contributed by atoms with van der Waals surface area (Å²) in [6, 6.07) is 6.76. The molecular formula is C23H33N3O4. The SMILES string of the molecule is COCCCNC(=O)[C@H](NC(=O)c1ccccc1C)C1CCN(C(=O)C2CC2)CC1. The first-order valence-corrected chi connectivity index (χ1v) is 10.9. The Hall–Kier alpha value is -2.41. The summed E-state index contributed by atoms with van der Waals surface area (Å²) in [5, 5.41) is 5.91. The second-order valence-electron chi connectivity index (χ2n) is 8.34. The maximum atomic E-state index is 12.9. The standard InChI is InChI=1S/C23H33N3O4/c1-16-6-3-4-7-19(16)21(27)25-20(22(28)24-12-5-15-30-2)17-10-13-26(14-11-17)23(29)18-8-9-18/h3-4,6-7,17-18,20H,5,8-15H2,1-2H3,(H,24,28)(H,25,27)/t20-/m1/s1. The minimum absolute atomic E-state index is 0.00338. The zero-order valence-electron chi connectivity index (χ0n) is 18.0. The van der Waals surface area contributed by atoms with E-state index in [4.69, 9.17) is 4.74 Å². The number of carbonyl (C=O) groups is 3. The largest absolute Gasteiger partial charge is 0.385 e. The van der Waals surface area contributed by atoms with Crippen LogP contribution in [0, 0.1) is 18.8 Å². The van der Waals surface area contributed by atoms with Crippen LogP contribution in [0.25, 0.3) is 0 Å². The zero-order chi connectivity index (χ0) is 21.5. The van der Waals surface area contributed by atoms with Gasteiger partial charge in [-0.1, -0.05) is 18.2 Å². The van der Waals surface area contributed by atoms with Crippen LogP contribution in [0.4, 0.5) is 0 Å². The summed E-state index contributed by atoms with van der Waals surface area (Å²) in [6.07, 6.45) is 4.13. The summed E-state index contributed by atoms with van der Waals surface area (Å²) in [4.78, 5) is 40.1. The highest BCUT2D eigenvalue weighted by molar-refractivity contribution is 5.98. The molecule has 0 unspecified atom stereocenters. The van der Waals surface area contributed by atoms with Crippen molar-refractivity contribution in [3.63, 3.8) is 0 Å². The van der Waals surface area contributed by atoms with Crippen LogP contribution in [-0.4, -0.2) is 62.0 Å². The van der Waals surface area contributed by atoms with Gasteiger partial charge in [0.05, 0.1) is 0 Å². The molecule has 2 N–H and O–H groups in total. The molecule has 3 rings (SSSR count). The summed E-state index contributed by atoms with van der Waals surface area (Å²) in [5.41, 5.74) is 1.45. The molecule has 0 aromatic heterocycles. The lowest BCUT2D eigenvalue weighted by Crippen LogP contribution is -2.54. The Morgan fingerprint density at radius 1 is 1.13 bits per heavy atom. The van der Waals surface area contributed by atoms with E-state index in [9.17, 15) is 14.4 Å². The molecule has 3 amide bonds. The normalized spacial score (nSPS) is 18.0. The molecule has 2 aliphatic rings. The van der Waals surface area contributed by atoms with Gasteiger partial charge in [0.1, 0.15) is 6.04 Å². The predicted molar refractivity (Wildman–Crippen MR) is 114 cm³/mol. The first-order valence-electron chi connectivity index (χ1n) is 10.9. The van der Waals surface area contributed by atoms with Crippen LogP contribution in [0.15, 0.2) is 24.3 Å². The van der Waals surface area contributed by atoms with E-state index in [0.29, 0.717) is 44.6 Å². The van der Waals surface area contributed by atoms with Crippen molar-refractivity contribution in [2.45, 2.75) is 45.1 Å². The number of methoxy groups -OCH3 is 1. The Labute approximate surface area is 178 Å². The van der Waals surface area contributed by atoms with Crippen molar-refractivity contribution in [2.24, 2.45) is 11.8 Å². The van der Waals surface area contributed by atoms with Crippen molar-refractivity contribution in [3.8, 4) is 0 Å². The average molecular weight is 416 g/mol. The lowest BCUT2D eigenvalue weighted by molar-refractivity contribution is -0.134. The highest BCUT2D eigenvalue weighted by atomic mass is 16.5. The first kappa shape index (κ1) is 22.3. The third-order valence-electron chi connectivity index (χ3n) is 6.03. The maximum absolute atomic E-state index is 12.9. The molecule has 2 fully saturated rings. The molecule has 1 aliphatic heterocycles. The van der Waals surface area contributed by atoms with Gasteiger partial charge in [-0.2, -0.15) is 0 Å². The number of amides is 3. The first-order chi connectivity index (χ1) is 14.5. The van der Waals surface area contributed by atoms with E-state index >= 15 is 0 Å². The Kier molecular flexibility index (Phi) is 7.85. The highest BCUT2D eigenvalue weighted by Gasteiger charge is 2.38. The van der Waals surface area contributed by atoms with E-state index in [1.807, 2.05) is 30.0 Å². The van der Waals surface area contributed by atoms with Crippen LogP contribution >= 0.6 is 0 Å². The van der Waals surface area contributed by atoms with Gasteiger partial charge in [0.15, 0.2) is 0 Å². The van der Waals surface area contributed by atoms with Crippen molar-refractivity contribution >= 4 is 17.7 Å². The van der Waals surface area contributed by atoms with E-state index in [-0.39, 0.29) is 29.6 Å². The predicted octanol–water partition coefficient (Wildman–Crippen LogP) is 1.89. The van der Waals surface area contributed by atoms with Gasteiger partial charge in [0, 0.05) is 44.8 Å². The third-order valence-corrected chi connectivity index (χ3v) is 6.03. The van der Waals surface area contributed by atoms with Crippen LogP contribution in [0.2, 0.25) is 0 Å². The van der Waals surface area contributed by atoms with Crippen molar-refractivity contribution in [2.75, 3.05) is 33.4 Å². The molecule has 1 atom stereocenters. The fraction of sp³-hybridized carbons (Fsp3) is 0.609. The summed E-state index contributed by atoms with van der Waals surface area (Å²) < 4.78 is 5.04. The number of rotatable bonds is 9. The number of hydrogen-bond acceptors (Lipinski definition) is 4. The lowest BCUT2D eigenvalue weighted by atomic mass is 9.88. The van der Waals surface area contributed by atoms with Gasteiger partial charge >= 0.3 is 0 Å². The van der Waals surface area contributed by atoms with Gasteiger partial charge in [0.2, 0.25) is 11.8 Å². The Morgan fingerprint density at radius 3 is 2.47 bits per heavy atom. The van der Waals surface area contributed by atoms with Crippen LogP contribution in [0.1, 0.15) is 48.0 Å². The Balaban J connectivity index is 1.64. The fourth-order valence-electron chi connectivity index (χ4n) is 4.02. The monoisotopic (exact) mass is 415 g/mol. The Bertz CT molecular complexity index is 755. The summed E-state index contributed by atoms with van der Waals surface area (Å²) in [7, 11) is 1.63. The zero-order valence-corrected chi connectivity index (χ0v) is 18.0. The molecule has 1 aliphatic carbocycles. The number of nitrogens with one attached hydrogen (secondary N) is 2. The van der Waals surface area contributed by atoms with Gasteiger partial charge in [0.25, 0.3) is 5.91 Å². The molecule has 0 spiro atoms. The minimum Gasteiger partial charge on any atom is -0.385 e. The van der Waals surface area contributed by atoms with Crippen LogP contribution in [0.5, 0.6) is 0 Å². The van der Waals surface area contributed by atoms with E-state index in [0.717, 1.165) is 24.8 Å². The molecule has 30 heavy (non-hydrogen) atoms. The van der Waals surface area contributed by atoms with E-state index in [2.05, 4.69) is 10.6 Å². The van der Waals surface area contributed by atoms with Gasteiger partial charge < -0.3 is 20.3 Å². The van der Waals surface area contributed by atoms with Crippen LogP contribution < -0.4 is 10.6 Å². The molecule has 164 valence electrons. The summed E-state index contributed by atoms with van der Waals surface area (Å²) in [5.74, 6) is 0.0606. The average Bonchev–Trinajstić information content (AvgIpc) is 3.60. The third kappa shape index (κ3) is 5.81. The van der Waals surface area contributed by atoms with Crippen molar-refractivity contribution in [3.05, 3.63) is 35.4 Å².